The van der Waals surface area contributed by atoms with E-state index in [-0.39, 0.29) is 12.3 Å². The zero-order chi connectivity index (χ0) is 16.4. The lowest BCUT2D eigenvalue weighted by atomic mass is 10.2. The molecule has 0 unspecified atom stereocenters. The fourth-order valence-corrected chi connectivity index (χ4v) is 2.97. The molecule has 0 atom stereocenters. The van der Waals surface area contributed by atoms with Gasteiger partial charge in [0.2, 0.25) is 5.91 Å². The molecular weight excluding hydrogens is 292 g/mol. The second-order valence-electron chi connectivity index (χ2n) is 6.09. The molecule has 1 fully saturated rings. The van der Waals surface area contributed by atoms with Crippen LogP contribution in [-0.4, -0.2) is 47.1 Å². The lowest BCUT2D eigenvalue weighted by Crippen LogP contribution is -2.49. The summed E-state index contributed by atoms with van der Waals surface area (Å²) in [5.41, 5.74) is 4.05. The molecule has 3 rings (SSSR count). The maximum atomic E-state index is 12.3. The van der Waals surface area contributed by atoms with E-state index in [0.717, 1.165) is 43.3 Å². The number of piperazine rings is 1. The molecule has 1 saturated heterocycles. The zero-order valence-corrected chi connectivity index (χ0v) is 13.9. The van der Waals surface area contributed by atoms with Gasteiger partial charge < -0.3 is 14.3 Å². The molecule has 2 aromatic rings. The van der Waals surface area contributed by atoms with Crippen LogP contribution < -0.4 is 4.90 Å². The third kappa shape index (κ3) is 3.70. The average Bonchev–Trinajstić information content (AvgIpc) is 2.91. The van der Waals surface area contributed by atoms with Crippen molar-refractivity contribution in [1.82, 2.24) is 15.0 Å². The number of hydrogen-bond donors (Lipinski definition) is 0. The van der Waals surface area contributed by atoms with Crippen molar-refractivity contribution < 1.29 is 9.32 Å². The van der Waals surface area contributed by atoms with Crippen LogP contribution in [0.25, 0.3) is 0 Å². The molecule has 6 heteroatoms. The van der Waals surface area contributed by atoms with E-state index in [1.54, 1.807) is 0 Å². The van der Waals surface area contributed by atoms with Crippen LogP contribution in [-0.2, 0) is 11.2 Å². The third-order valence-electron chi connectivity index (χ3n) is 4.07. The normalized spacial score (nSPS) is 15.1. The van der Waals surface area contributed by atoms with Gasteiger partial charge in [-0.05, 0) is 32.9 Å². The maximum absolute atomic E-state index is 12.3. The van der Waals surface area contributed by atoms with E-state index >= 15 is 0 Å². The second kappa shape index (κ2) is 6.40. The Hall–Kier alpha value is -2.37. The van der Waals surface area contributed by atoms with Gasteiger partial charge in [-0.3, -0.25) is 9.78 Å². The van der Waals surface area contributed by atoms with E-state index in [2.05, 4.69) is 27.2 Å². The molecule has 1 aliphatic rings. The van der Waals surface area contributed by atoms with Crippen LogP contribution in [0.4, 0.5) is 5.69 Å². The largest absolute Gasteiger partial charge is 0.368 e. The standard InChI is InChI=1S/C17H22N4O2/c1-12-8-15(9-13(2)18-12)20-4-6-21(7-5-20)17(22)11-16-10-14(3)19-23-16/h8-10H,4-7,11H2,1-3H3. The first-order chi connectivity index (χ1) is 11.0. The van der Waals surface area contributed by atoms with E-state index < -0.39 is 0 Å². The van der Waals surface area contributed by atoms with Crippen molar-refractivity contribution in [2.75, 3.05) is 31.1 Å². The summed E-state index contributed by atoms with van der Waals surface area (Å²) in [6.45, 7) is 9.01. The number of anilines is 1. The Morgan fingerprint density at radius 3 is 2.26 bits per heavy atom. The summed E-state index contributed by atoms with van der Waals surface area (Å²) in [6, 6.07) is 6.01. The molecule has 3 heterocycles. The fourth-order valence-electron chi connectivity index (χ4n) is 2.97. The molecular formula is C17H22N4O2. The smallest absolute Gasteiger partial charge is 0.230 e. The minimum atomic E-state index is 0.0999. The lowest BCUT2D eigenvalue weighted by molar-refractivity contribution is -0.131. The van der Waals surface area contributed by atoms with Gasteiger partial charge in [0.1, 0.15) is 5.76 Å². The summed E-state index contributed by atoms with van der Waals surface area (Å²) >= 11 is 0. The quantitative estimate of drug-likeness (QED) is 0.865. The molecule has 122 valence electrons. The predicted octanol–water partition coefficient (Wildman–Crippen LogP) is 1.89. The number of hydrogen-bond acceptors (Lipinski definition) is 5. The molecule has 6 nitrogen and oxygen atoms in total. The van der Waals surface area contributed by atoms with Crippen molar-refractivity contribution in [3.05, 3.63) is 41.0 Å². The SMILES string of the molecule is Cc1cc(CC(=O)N2CCN(c3cc(C)nc(C)c3)CC2)on1. The monoisotopic (exact) mass is 314 g/mol. The number of rotatable bonds is 3. The van der Waals surface area contributed by atoms with Crippen LogP contribution in [0.1, 0.15) is 22.8 Å². The highest BCUT2D eigenvalue weighted by atomic mass is 16.5. The van der Waals surface area contributed by atoms with Gasteiger partial charge >= 0.3 is 0 Å². The molecule has 0 bridgehead atoms. The Balaban J connectivity index is 1.58. The zero-order valence-electron chi connectivity index (χ0n) is 13.9. The minimum absolute atomic E-state index is 0.0999. The van der Waals surface area contributed by atoms with Crippen LogP contribution >= 0.6 is 0 Å². The number of amides is 1. The molecule has 0 aliphatic carbocycles. The van der Waals surface area contributed by atoms with Crippen LogP contribution in [0.3, 0.4) is 0 Å². The van der Waals surface area contributed by atoms with Crippen molar-refractivity contribution in [3.8, 4) is 0 Å². The minimum Gasteiger partial charge on any atom is -0.368 e. The van der Waals surface area contributed by atoms with E-state index in [4.69, 9.17) is 4.52 Å². The van der Waals surface area contributed by atoms with Crippen LogP contribution in [0, 0.1) is 20.8 Å². The number of nitrogens with zero attached hydrogens (tertiary/aromatic N) is 4. The van der Waals surface area contributed by atoms with Gasteiger partial charge in [0.15, 0.2) is 0 Å². The van der Waals surface area contributed by atoms with Crippen molar-refractivity contribution in [3.63, 3.8) is 0 Å². The van der Waals surface area contributed by atoms with E-state index in [1.165, 1.54) is 5.69 Å². The van der Waals surface area contributed by atoms with Gasteiger partial charge in [0, 0.05) is 49.3 Å². The van der Waals surface area contributed by atoms with Crippen molar-refractivity contribution >= 4 is 11.6 Å². The summed E-state index contributed by atoms with van der Waals surface area (Å²) in [5, 5.41) is 3.82. The molecule has 0 saturated carbocycles. The van der Waals surface area contributed by atoms with E-state index in [9.17, 15) is 4.79 Å². The van der Waals surface area contributed by atoms with Crippen LogP contribution in [0.5, 0.6) is 0 Å². The van der Waals surface area contributed by atoms with E-state index in [1.807, 2.05) is 31.7 Å². The molecule has 0 aromatic carbocycles. The molecule has 0 radical (unpaired) electrons. The number of aryl methyl sites for hydroxylation is 3. The van der Waals surface area contributed by atoms with Gasteiger partial charge in [-0.2, -0.15) is 0 Å². The van der Waals surface area contributed by atoms with Crippen LogP contribution in [0.2, 0.25) is 0 Å². The summed E-state index contributed by atoms with van der Waals surface area (Å²) in [7, 11) is 0. The van der Waals surface area contributed by atoms with Crippen molar-refractivity contribution in [2.24, 2.45) is 0 Å². The summed E-state index contributed by atoms with van der Waals surface area (Å²) in [5.74, 6) is 0.734. The van der Waals surface area contributed by atoms with Gasteiger partial charge in [0.25, 0.3) is 0 Å². The number of pyridine rings is 1. The average molecular weight is 314 g/mol. The molecule has 0 N–H and O–H groups in total. The van der Waals surface area contributed by atoms with Gasteiger partial charge in [-0.1, -0.05) is 5.16 Å². The Labute approximate surface area is 136 Å². The highest BCUT2D eigenvalue weighted by molar-refractivity contribution is 5.78. The Bertz CT molecular complexity index is 682. The highest BCUT2D eigenvalue weighted by Gasteiger charge is 2.22. The topological polar surface area (TPSA) is 62.5 Å². The van der Waals surface area contributed by atoms with Crippen molar-refractivity contribution in [2.45, 2.75) is 27.2 Å². The number of carbonyl (C=O) groups is 1. The molecule has 23 heavy (non-hydrogen) atoms. The Kier molecular flexibility index (Phi) is 4.32. The molecule has 0 spiro atoms. The Morgan fingerprint density at radius 1 is 1.04 bits per heavy atom. The summed E-state index contributed by atoms with van der Waals surface area (Å²) in [4.78, 5) is 21.0. The molecule has 2 aromatic heterocycles. The lowest BCUT2D eigenvalue weighted by Gasteiger charge is -2.36. The maximum Gasteiger partial charge on any atom is 0.230 e. The first-order valence-corrected chi connectivity index (χ1v) is 7.91. The summed E-state index contributed by atoms with van der Waals surface area (Å²) in [6.07, 6.45) is 0.286. The fraction of sp³-hybridized carbons (Fsp3) is 0.471. The number of aromatic nitrogens is 2. The van der Waals surface area contributed by atoms with Crippen molar-refractivity contribution in [1.29, 1.82) is 0 Å². The Morgan fingerprint density at radius 2 is 1.70 bits per heavy atom. The first-order valence-electron chi connectivity index (χ1n) is 7.91. The highest BCUT2D eigenvalue weighted by Crippen LogP contribution is 2.19. The second-order valence-corrected chi connectivity index (χ2v) is 6.09. The van der Waals surface area contributed by atoms with Gasteiger partial charge in [-0.25, -0.2) is 0 Å². The third-order valence-corrected chi connectivity index (χ3v) is 4.07. The van der Waals surface area contributed by atoms with Gasteiger partial charge in [0.05, 0.1) is 12.1 Å². The van der Waals surface area contributed by atoms with Gasteiger partial charge in [-0.15, -0.1) is 0 Å². The predicted molar refractivity (Wildman–Crippen MR) is 87.4 cm³/mol. The van der Waals surface area contributed by atoms with Crippen LogP contribution in [0.15, 0.2) is 22.7 Å². The molecule has 1 amide bonds. The number of carbonyl (C=O) groups excluding carboxylic acids is 1. The van der Waals surface area contributed by atoms with E-state index in [0.29, 0.717) is 5.76 Å². The first kappa shape index (κ1) is 15.5. The summed E-state index contributed by atoms with van der Waals surface area (Å²) < 4.78 is 5.13. The molecule has 1 aliphatic heterocycles.